The van der Waals surface area contributed by atoms with Gasteiger partial charge in [-0.2, -0.15) is 13.2 Å². The first-order valence-electron chi connectivity index (χ1n) is 4.26. The Bertz CT molecular complexity index is 420. The van der Waals surface area contributed by atoms with Crippen LogP contribution in [-0.4, -0.2) is 6.36 Å². The van der Waals surface area contributed by atoms with Crippen LogP contribution in [0.1, 0.15) is 17.6 Å². The molecule has 0 N–H and O–H groups in total. The number of hydrogen-bond donors (Lipinski definition) is 0. The van der Waals surface area contributed by atoms with Gasteiger partial charge in [-0.05, 0) is 6.07 Å². The fourth-order valence-electron chi connectivity index (χ4n) is 1.24. The van der Waals surface area contributed by atoms with Crippen LogP contribution in [0.25, 0.3) is 0 Å². The summed E-state index contributed by atoms with van der Waals surface area (Å²) >= 11 is 0. The minimum atomic E-state index is -5.40. The highest BCUT2D eigenvalue weighted by atomic mass is 19.4. The van der Waals surface area contributed by atoms with Crippen LogP contribution in [0.3, 0.4) is 0 Å². The first-order chi connectivity index (χ1) is 8.02. The van der Waals surface area contributed by atoms with Crippen molar-refractivity contribution >= 4 is 0 Å². The minimum Gasteiger partial charge on any atom is -0.405 e. The molecule has 0 heterocycles. The number of benzene rings is 1. The second-order valence-corrected chi connectivity index (χ2v) is 3.07. The highest BCUT2D eigenvalue weighted by Crippen LogP contribution is 2.43. The molecular formula is C9H4F8O. The predicted octanol–water partition coefficient (Wildman–Crippen LogP) is 4.54. The van der Waals surface area contributed by atoms with E-state index in [1.54, 1.807) is 0 Å². The smallest absolute Gasteiger partial charge is 0.405 e. The predicted molar refractivity (Wildman–Crippen MR) is 43.1 cm³/mol. The molecule has 0 radical (unpaired) electrons. The molecule has 1 rings (SSSR count). The van der Waals surface area contributed by atoms with Gasteiger partial charge in [-0.15, -0.1) is 13.2 Å². The van der Waals surface area contributed by atoms with Gasteiger partial charge >= 0.3 is 12.5 Å². The summed E-state index contributed by atoms with van der Waals surface area (Å²) in [6, 6.07) is 1.33. The van der Waals surface area contributed by atoms with Crippen molar-refractivity contribution in [2.45, 2.75) is 19.0 Å². The Morgan fingerprint density at radius 2 is 1.50 bits per heavy atom. The Hall–Kier alpha value is -1.54. The van der Waals surface area contributed by atoms with Crippen LogP contribution in [0.15, 0.2) is 18.2 Å². The van der Waals surface area contributed by atoms with Gasteiger partial charge in [0.25, 0.3) is 6.43 Å². The summed E-state index contributed by atoms with van der Waals surface area (Å²) in [5.74, 6) is -1.70. The molecule has 0 fully saturated rings. The molecule has 0 aliphatic heterocycles. The van der Waals surface area contributed by atoms with Crippen molar-refractivity contribution < 1.29 is 39.9 Å². The lowest BCUT2D eigenvalue weighted by molar-refractivity contribution is -0.276. The van der Waals surface area contributed by atoms with E-state index in [0.29, 0.717) is 18.2 Å². The zero-order chi connectivity index (χ0) is 14.1. The maximum atomic E-state index is 12.5. The molecule has 0 spiro atoms. The maximum Gasteiger partial charge on any atom is 0.573 e. The molecule has 0 saturated heterocycles. The average molecular weight is 280 g/mol. The maximum absolute atomic E-state index is 12.5. The molecule has 1 nitrogen and oxygen atoms in total. The number of hydrogen-bond acceptors (Lipinski definition) is 1. The molecule has 0 aromatic heterocycles. The number of ether oxygens (including phenoxy) is 1. The van der Waals surface area contributed by atoms with E-state index in [4.69, 9.17) is 0 Å². The van der Waals surface area contributed by atoms with E-state index in [9.17, 15) is 35.1 Å². The lowest BCUT2D eigenvalue weighted by atomic mass is 10.1. The third-order valence-electron chi connectivity index (χ3n) is 1.80. The van der Waals surface area contributed by atoms with Crippen molar-refractivity contribution in [2.75, 3.05) is 0 Å². The van der Waals surface area contributed by atoms with Gasteiger partial charge in [-0.25, -0.2) is 8.78 Å². The molecule has 0 atom stereocenters. The van der Waals surface area contributed by atoms with Crippen molar-refractivity contribution in [3.63, 3.8) is 0 Å². The van der Waals surface area contributed by atoms with Gasteiger partial charge in [-0.3, -0.25) is 0 Å². The Balaban J connectivity index is 3.39. The summed E-state index contributed by atoms with van der Waals surface area (Å²) in [5.41, 5.74) is -3.69. The first kappa shape index (κ1) is 14.5. The lowest BCUT2D eigenvalue weighted by Crippen LogP contribution is -2.21. The Kier molecular flexibility index (Phi) is 3.72. The Morgan fingerprint density at radius 3 is 1.89 bits per heavy atom. The van der Waals surface area contributed by atoms with Crippen molar-refractivity contribution in [3.05, 3.63) is 29.3 Å². The molecule has 0 aliphatic rings. The van der Waals surface area contributed by atoms with E-state index in [1.165, 1.54) is 0 Å². The molecule has 0 bridgehead atoms. The summed E-state index contributed by atoms with van der Waals surface area (Å²) in [6.45, 7) is 0. The topological polar surface area (TPSA) is 9.23 Å². The van der Waals surface area contributed by atoms with Crippen molar-refractivity contribution in [3.8, 4) is 5.75 Å². The lowest BCUT2D eigenvalue weighted by Gasteiger charge is -2.18. The van der Waals surface area contributed by atoms with E-state index in [2.05, 4.69) is 4.74 Å². The summed E-state index contributed by atoms with van der Waals surface area (Å²) < 4.78 is 101. The molecule has 1 aromatic carbocycles. The van der Waals surface area contributed by atoms with Crippen LogP contribution >= 0.6 is 0 Å². The standard InChI is InChI=1S/C9H4F8O/c10-7(11)4-2-1-3-5(18-9(15,16)17)6(4)8(12,13)14/h1-3,7H. The van der Waals surface area contributed by atoms with Crippen LogP contribution < -0.4 is 4.74 Å². The quantitative estimate of drug-likeness (QED) is 0.722. The molecule has 0 saturated carbocycles. The van der Waals surface area contributed by atoms with Gasteiger partial charge in [0, 0.05) is 5.56 Å². The third-order valence-corrected chi connectivity index (χ3v) is 1.80. The summed E-state index contributed by atoms with van der Waals surface area (Å²) in [7, 11) is 0. The molecule has 9 heteroatoms. The van der Waals surface area contributed by atoms with Gasteiger partial charge in [0.05, 0.1) is 0 Å². The van der Waals surface area contributed by atoms with Crippen LogP contribution in [0.4, 0.5) is 35.1 Å². The minimum absolute atomic E-state index is 0.322. The Morgan fingerprint density at radius 1 is 0.944 bits per heavy atom. The van der Waals surface area contributed by atoms with Crippen LogP contribution in [0, 0.1) is 0 Å². The number of alkyl halides is 8. The number of halogens is 8. The zero-order valence-corrected chi connectivity index (χ0v) is 8.24. The highest BCUT2D eigenvalue weighted by molar-refractivity contribution is 5.43. The normalized spacial score (nSPS) is 12.9. The molecule has 18 heavy (non-hydrogen) atoms. The van der Waals surface area contributed by atoms with Crippen molar-refractivity contribution in [1.29, 1.82) is 0 Å². The van der Waals surface area contributed by atoms with Crippen LogP contribution in [-0.2, 0) is 6.18 Å². The van der Waals surface area contributed by atoms with Gasteiger partial charge < -0.3 is 4.74 Å². The van der Waals surface area contributed by atoms with Gasteiger partial charge in [-0.1, -0.05) is 12.1 Å². The summed E-state index contributed by atoms with van der Waals surface area (Å²) in [5, 5.41) is 0. The van der Waals surface area contributed by atoms with Gasteiger partial charge in [0.15, 0.2) is 0 Å². The van der Waals surface area contributed by atoms with E-state index < -0.39 is 35.8 Å². The van der Waals surface area contributed by atoms with E-state index in [0.717, 1.165) is 0 Å². The fraction of sp³-hybridized carbons (Fsp3) is 0.333. The monoisotopic (exact) mass is 280 g/mol. The summed E-state index contributed by atoms with van der Waals surface area (Å²) in [4.78, 5) is 0. The van der Waals surface area contributed by atoms with Gasteiger partial charge in [0.1, 0.15) is 11.3 Å². The number of rotatable bonds is 2. The van der Waals surface area contributed by atoms with Crippen molar-refractivity contribution in [2.24, 2.45) is 0 Å². The van der Waals surface area contributed by atoms with Crippen LogP contribution in [0.5, 0.6) is 5.75 Å². The second-order valence-electron chi connectivity index (χ2n) is 3.07. The third kappa shape index (κ3) is 3.47. The Labute approximate surface area is 95.0 Å². The van der Waals surface area contributed by atoms with Crippen molar-refractivity contribution in [1.82, 2.24) is 0 Å². The highest BCUT2D eigenvalue weighted by Gasteiger charge is 2.42. The average Bonchev–Trinajstić information content (AvgIpc) is 2.12. The van der Waals surface area contributed by atoms with E-state index in [1.807, 2.05) is 0 Å². The molecule has 102 valence electrons. The SMILES string of the molecule is FC(F)c1cccc(OC(F)(F)F)c1C(F)(F)F. The van der Waals surface area contributed by atoms with Crippen LogP contribution in [0.2, 0.25) is 0 Å². The van der Waals surface area contributed by atoms with E-state index >= 15 is 0 Å². The van der Waals surface area contributed by atoms with Gasteiger partial charge in [0.2, 0.25) is 0 Å². The molecular weight excluding hydrogens is 276 g/mol. The second kappa shape index (κ2) is 4.62. The molecule has 0 aliphatic carbocycles. The molecule has 0 amide bonds. The molecule has 1 aromatic rings. The fourth-order valence-corrected chi connectivity index (χ4v) is 1.24. The van der Waals surface area contributed by atoms with E-state index in [-0.39, 0.29) is 0 Å². The summed E-state index contributed by atoms with van der Waals surface area (Å²) in [6.07, 6.45) is -14.4. The zero-order valence-electron chi connectivity index (χ0n) is 8.24. The largest absolute Gasteiger partial charge is 0.573 e. The first-order valence-corrected chi connectivity index (χ1v) is 4.26. The molecule has 0 unspecified atom stereocenters.